The van der Waals surface area contributed by atoms with Gasteiger partial charge < -0.3 is 4.74 Å². The number of benzene rings is 1. The van der Waals surface area contributed by atoms with Crippen LogP contribution in [-0.4, -0.2) is 11.6 Å². The maximum absolute atomic E-state index is 5.88. The second-order valence-corrected chi connectivity index (χ2v) is 9.83. The molecule has 1 aliphatic carbocycles. The molecular weight excluding hydrogens is 390 g/mol. The Morgan fingerprint density at radius 1 is 0.750 bits per heavy atom. The van der Waals surface area contributed by atoms with Gasteiger partial charge in [0.15, 0.2) is 0 Å². The van der Waals surface area contributed by atoms with Crippen molar-refractivity contribution in [2.45, 2.75) is 110 Å². The second-order valence-electron chi connectivity index (χ2n) is 9.83. The predicted molar refractivity (Wildman–Crippen MR) is 137 cm³/mol. The van der Waals surface area contributed by atoms with Crippen molar-refractivity contribution < 1.29 is 4.74 Å². The number of ether oxygens (including phenoxy) is 1. The monoisotopic (exact) mass is 435 g/mol. The van der Waals surface area contributed by atoms with Gasteiger partial charge >= 0.3 is 0 Å². The van der Waals surface area contributed by atoms with Gasteiger partial charge in [-0.3, -0.25) is 4.98 Å². The van der Waals surface area contributed by atoms with Crippen molar-refractivity contribution in [3.63, 3.8) is 0 Å². The van der Waals surface area contributed by atoms with E-state index in [9.17, 15) is 0 Å². The summed E-state index contributed by atoms with van der Waals surface area (Å²) in [6.45, 7) is 5.35. The van der Waals surface area contributed by atoms with E-state index >= 15 is 0 Å². The molecule has 0 spiro atoms. The summed E-state index contributed by atoms with van der Waals surface area (Å²) >= 11 is 0. The van der Waals surface area contributed by atoms with Gasteiger partial charge in [0.2, 0.25) is 0 Å². The highest BCUT2D eigenvalue weighted by molar-refractivity contribution is 5.60. The van der Waals surface area contributed by atoms with Crippen LogP contribution in [0.3, 0.4) is 0 Å². The molecule has 0 saturated heterocycles. The Bertz CT molecular complexity index is 728. The van der Waals surface area contributed by atoms with Crippen molar-refractivity contribution in [3.8, 4) is 17.0 Å². The Labute approximate surface area is 197 Å². The van der Waals surface area contributed by atoms with E-state index in [1.165, 1.54) is 94.6 Å². The van der Waals surface area contributed by atoms with E-state index in [4.69, 9.17) is 4.74 Å². The number of rotatable bonds is 14. The van der Waals surface area contributed by atoms with Crippen LogP contribution in [0.15, 0.2) is 42.6 Å². The fourth-order valence-electron chi connectivity index (χ4n) is 5.10. The van der Waals surface area contributed by atoms with Gasteiger partial charge in [0.05, 0.1) is 18.5 Å². The number of aromatic nitrogens is 1. The summed E-state index contributed by atoms with van der Waals surface area (Å²) in [7, 11) is 0. The predicted octanol–water partition coefficient (Wildman–Crippen LogP) is 9.34. The number of pyridine rings is 1. The van der Waals surface area contributed by atoms with Crippen LogP contribution in [0, 0.1) is 5.92 Å². The molecule has 0 N–H and O–H groups in total. The second kappa shape index (κ2) is 14.3. The zero-order valence-corrected chi connectivity index (χ0v) is 20.7. The first kappa shape index (κ1) is 24.8. The van der Waals surface area contributed by atoms with Crippen LogP contribution in [0.4, 0.5) is 0 Å². The van der Waals surface area contributed by atoms with Gasteiger partial charge in [0, 0.05) is 5.56 Å². The van der Waals surface area contributed by atoms with Crippen LogP contribution >= 0.6 is 0 Å². The minimum absolute atomic E-state index is 0.747. The molecule has 1 aromatic carbocycles. The van der Waals surface area contributed by atoms with Crippen molar-refractivity contribution in [2.75, 3.05) is 6.61 Å². The molecule has 2 heteroatoms. The molecule has 1 heterocycles. The number of hydrogen-bond donors (Lipinski definition) is 0. The number of unbranched alkanes of at least 4 members (excludes halogenated alkanes) is 7. The van der Waals surface area contributed by atoms with Crippen molar-refractivity contribution in [3.05, 3.63) is 48.2 Å². The highest BCUT2D eigenvalue weighted by atomic mass is 16.5. The van der Waals surface area contributed by atoms with Crippen molar-refractivity contribution in [1.29, 1.82) is 0 Å². The molecule has 0 amide bonds. The third-order valence-electron chi connectivity index (χ3n) is 7.24. The molecule has 0 atom stereocenters. The molecule has 0 aliphatic heterocycles. The summed E-state index contributed by atoms with van der Waals surface area (Å²) < 4.78 is 5.88. The van der Waals surface area contributed by atoms with E-state index in [-0.39, 0.29) is 0 Å². The van der Waals surface area contributed by atoms with E-state index in [1.807, 2.05) is 6.20 Å². The third kappa shape index (κ3) is 8.26. The van der Waals surface area contributed by atoms with Crippen LogP contribution < -0.4 is 4.74 Å². The summed E-state index contributed by atoms with van der Waals surface area (Å²) in [5, 5.41) is 0. The van der Waals surface area contributed by atoms with E-state index in [0.29, 0.717) is 0 Å². The van der Waals surface area contributed by atoms with Gasteiger partial charge in [0.25, 0.3) is 0 Å². The zero-order chi connectivity index (χ0) is 22.4. The summed E-state index contributed by atoms with van der Waals surface area (Å²) in [4.78, 5) is 4.65. The Hall–Kier alpha value is -1.83. The van der Waals surface area contributed by atoms with Gasteiger partial charge in [-0.05, 0) is 61.6 Å². The summed E-state index contributed by atoms with van der Waals surface area (Å²) in [6.07, 6.45) is 20.8. The number of nitrogens with zero attached hydrogens (tertiary/aromatic N) is 1. The van der Waals surface area contributed by atoms with Crippen molar-refractivity contribution in [2.24, 2.45) is 5.92 Å². The third-order valence-corrected chi connectivity index (χ3v) is 7.24. The maximum atomic E-state index is 5.88. The first-order chi connectivity index (χ1) is 15.8. The smallest absolute Gasteiger partial charge is 0.137 e. The van der Waals surface area contributed by atoms with Crippen LogP contribution in [-0.2, 0) is 0 Å². The minimum Gasteiger partial charge on any atom is -0.492 e. The molecular formula is C30H45NO. The fourth-order valence-corrected chi connectivity index (χ4v) is 5.10. The van der Waals surface area contributed by atoms with E-state index in [0.717, 1.165) is 36.3 Å². The molecule has 0 bridgehead atoms. The minimum atomic E-state index is 0.747. The van der Waals surface area contributed by atoms with Crippen molar-refractivity contribution in [1.82, 2.24) is 4.98 Å². The average Bonchev–Trinajstić information content (AvgIpc) is 2.85. The SMILES string of the molecule is CCCCCCCCOc1ccc(-c2ccc([C@H]3CC[C@H](CCCCC)CC3)cc2)nc1. The highest BCUT2D eigenvalue weighted by Gasteiger charge is 2.22. The van der Waals surface area contributed by atoms with Gasteiger partial charge in [-0.2, -0.15) is 0 Å². The van der Waals surface area contributed by atoms with Crippen molar-refractivity contribution >= 4 is 0 Å². The number of hydrogen-bond acceptors (Lipinski definition) is 2. The molecule has 1 aromatic heterocycles. The molecule has 2 nitrogen and oxygen atoms in total. The lowest BCUT2D eigenvalue weighted by Gasteiger charge is -2.29. The summed E-state index contributed by atoms with van der Waals surface area (Å²) in [6, 6.07) is 13.3. The highest BCUT2D eigenvalue weighted by Crippen LogP contribution is 2.38. The van der Waals surface area contributed by atoms with Gasteiger partial charge in [-0.25, -0.2) is 0 Å². The fraction of sp³-hybridized carbons (Fsp3) is 0.633. The standard InChI is InChI=1S/C30H45NO/c1-3-5-7-8-9-11-23-32-29-21-22-30(31-24-29)28-19-17-27(18-20-28)26-15-13-25(14-16-26)12-10-6-4-2/h17-22,24-26H,3-16,23H2,1-2H3/t25-,26-. The summed E-state index contributed by atoms with van der Waals surface area (Å²) in [5.74, 6) is 2.61. The van der Waals surface area contributed by atoms with Crippen LogP contribution in [0.1, 0.15) is 115 Å². The molecule has 1 fully saturated rings. The quantitative estimate of drug-likeness (QED) is 0.276. The Kier molecular flexibility index (Phi) is 11.1. The molecule has 2 aromatic rings. The molecule has 3 rings (SSSR count). The van der Waals surface area contributed by atoms with Gasteiger partial charge in [-0.1, -0.05) is 95.9 Å². The molecule has 32 heavy (non-hydrogen) atoms. The lowest BCUT2D eigenvalue weighted by atomic mass is 9.77. The first-order valence-corrected chi connectivity index (χ1v) is 13.5. The van der Waals surface area contributed by atoms with Crippen LogP contribution in [0.2, 0.25) is 0 Å². The lowest BCUT2D eigenvalue weighted by Crippen LogP contribution is -2.13. The average molecular weight is 436 g/mol. The molecule has 176 valence electrons. The molecule has 0 unspecified atom stereocenters. The van der Waals surface area contributed by atoms with Gasteiger partial charge in [0.1, 0.15) is 5.75 Å². The van der Waals surface area contributed by atoms with Gasteiger partial charge in [-0.15, -0.1) is 0 Å². The zero-order valence-electron chi connectivity index (χ0n) is 20.7. The molecule has 1 saturated carbocycles. The first-order valence-electron chi connectivity index (χ1n) is 13.5. The van der Waals surface area contributed by atoms with E-state index in [2.05, 4.69) is 55.2 Å². The van der Waals surface area contributed by atoms with E-state index in [1.54, 1.807) is 0 Å². The Morgan fingerprint density at radius 2 is 1.44 bits per heavy atom. The Balaban J connectivity index is 1.41. The normalized spacial score (nSPS) is 18.6. The largest absolute Gasteiger partial charge is 0.492 e. The van der Waals surface area contributed by atoms with E-state index < -0.39 is 0 Å². The maximum Gasteiger partial charge on any atom is 0.137 e. The molecule has 0 radical (unpaired) electrons. The topological polar surface area (TPSA) is 22.1 Å². The molecule has 1 aliphatic rings. The van der Waals surface area contributed by atoms with Crippen LogP contribution in [0.5, 0.6) is 5.75 Å². The van der Waals surface area contributed by atoms with Crippen LogP contribution in [0.25, 0.3) is 11.3 Å². The summed E-state index contributed by atoms with van der Waals surface area (Å²) in [5.41, 5.74) is 3.74. The Morgan fingerprint density at radius 3 is 2.12 bits per heavy atom. The lowest BCUT2D eigenvalue weighted by molar-refractivity contribution is 0.303.